The number of amides is 3. The summed E-state index contributed by atoms with van der Waals surface area (Å²) in [6, 6.07) is -0.851. The quantitative estimate of drug-likeness (QED) is 0.362. The van der Waals surface area contributed by atoms with Crippen LogP contribution in [0.25, 0.3) is 0 Å². The van der Waals surface area contributed by atoms with Crippen LogP contribution in [0.2, 0.25) is 0 Å². The van der Waals surface area contributed by atoms with Crippen LogP contribution >= 0.6 is 0 Å². The summed E-state index contributed by atoms with van der Waals surface area (Å²) in [7, 11) is 0. The molecule has 0 aromatic rings. The van der Waals surface area contributed by atoms with Crippen LogP contribution in [0.5, 0.6) is 0 Å². The van der Waals surface area contributed by atoms with Gasteiger partial charge in [-0.2, -0.15) is 18.4 Å². The Hall–Kier alpha value is -2.78. The number of piperidine rings is 1. The fraction of sp³-hybridized carbons (Fsp3) is 0.800. The number of nitrogens with one attached hydrogen (secondary N) is 3. The highest BCUT2D eigenvalue weighted by Crippen LogP contribution is 2.51. The molecule has 3 fully saturated rings. The van der Waals surface area contributed by atoms with Gasteiger partial charge in [-0.3, -0.25) is 19.2 Å². The lowest BCUT2D eigenvalue weighted by atomic mass is 9.77. The summed E-state index contributed by atoms with van der Waals surface area (Å²) in [6.07, 6.45) is -4.33. The molecule has 13 heteroatoms. The predicted molar refractivity (Wildman–Crippen MR) is 123 cm³/mol. The molecule has 2 saturated carbocycles. The first-order chi connectivity index (χ1) is 17.4. The summed E-state index contributed by atoms with van der Waals surface area (Å²) in [5, 5.41) is 17.2. The first kappa shape index (κ1) is 29.8. The van der Waals surface area contributed by atoms with Crippen LogP contribution in [0.4, 0.5) is 22.0 Å². The maximum atomic E-state index is 13.6. The number of nitriles is 1. The van der Waals surface area contributed by atoms with Crippen molar-refractivity contribution in [2.45, 2.75) is 102 Å². The van der Waals surface area contributed by atoms with Gasteiger partial charge in [0.1, 0.15) is 12.1 Å². The Morgan fingerprint density at radius 3 is 2.13 bits per heavy atom. The van der Waals surface area contributed by atoms with Crippen LogP contribution in [0.15, 0.2) is 0 Å². The number of Topliss-reactive ketones (excluding diaryl/α,β-unsaturated/α-hetero) is 1. The van der Waals surface area contributed by atoms with Crippen LogP contribution in [-0.2, 0) is 19.2 Å². The number of nitrogens with zero attached hydrogens (tertiary/aromatic N) is 1. The highest BCUT2D eigenvalue weighted by molar-refractivity contribution is 5.93. The zero-order valence-electron chi connectivity index (χ0n) is 21.5. The molecule has 0 aromatic carbocycles. The summed E-state index contributed by atoms with van der Waals surface area (Å²) >= 11 is 0. The molecule has 0 aromatic heterocycles. The normalized spacial score (nSPS) is 25.8. The number of alkyl halides is 5. The highest BCUT2D eigenvalue weighted by atomic mass is 19.4. The highest BCUT2D eigenvalue weighted by Gasteiger charge is 2.58. The Morgan fingerprint density at radius 1 is 1.08 bits per heavy atom. The maximum absolute atomic E-state index is 13.6. The van der Waals surface area contributed by atoms with E-state index in [1.165, 1.54) is 20.8 Å². The third-order valence-corrected chi connectivity index (χ3v) is 7.75. The van der Waals surface area contributed by atoms with Gasteiger partial charge in [0.15, 0.2) is 0 Å². The zero-order chi connectivity index (χ0) is 28.7. The minimum atomic E-state index is -5.17. The monoisotopic (exact) mass is 548 g/mol. The number of hydrogen-bond donors (Lipinski definition) is 3. The number of halogens is 5. The standard InChI is InChI=1S/C25H33F5N4O4/c1-22(2,3)16(10-18(35)25(28,29)30)20(37)33-17(9-14-11-24(14,26)27)21(38)32-15(12-31)8-13-4-5-23(6-7-23)34-19(13)36/h13-17H,4-11H2,1-3H3,(H,32,38)(H,33,37)(H,34,36)/t13-,14?,15-,16+,17-/m0/s1. The van der Waals surface area contributed by atoms with Crippen molar-refractivity contribution in [3.63, 3.8) is 0 Å². The van der Waals surface area contributed by atoms with Crippen molar-refractivity contribution in [2.75, 3.05) is 0 Å². The number of hydrogen-bond acceptors (Lipinski definition) is 5. The molecular weight excluding hydrogens is 515 g/mol. The van der Waals surface area contributed by atoms with Gasteiger partial charge in [0, 0.05) is 30.2 Å². The Balaban J connectivity index is 1.69. The van der Waals surface area contributed by atoms with Gasteiger partial charge in [-0.05, 0) is 43.9 Å². The Kier molecular flexibility index (Phi) is 8.16. The summed E-state index contributed by atoms with van der Waals surface area (Å²) in [5.41, 5.74) is -1.29. The van der Waals surface area contributed by atoms with Gasteiger partial charge in [-0.1, -0.05) is 20.8 Å². The van der Waals surface area contributed by atoms with Crippen LogP contribution in [0.1, 0.15) is 72.1 Å². The Morgan fingerprint density at radius 2 is 1.68 bits per heavy atom. The zero-order valence-corrected chi connectivity index (χ0v) is 21.5. The van der Waals surface area contributed by atoms with Gasteiger partial charge in [0.05, 0.1) is 12.0 Å². The van der Waals surface area contributed by atoms with E-state index >= 15 is 0 Å². The second-order valence-electron chi connectivity index (χ2n) is 11.9. The van der Waals surface area contributed by atoms with E-state index in [0.29, 0.717) is 6.42 Å². The van der Waals surface area contributed by atoms with E-state index < -0.39 is 84.2 Å². The maximum Gasteiger partial charge on any atom is 0.449 e. The minimum absolute atomic E-state index is 0.0187. The Labute approximate surface area is 217 Å². The van der Waals surface area contributed by atoms with E-state index in [2.05, 4.69) is 16.0 Å². The molecule has 5 atom stereocenters. The summed E-state index contributed by atoms with van der Waals surface area (Å²) < 4.78 is 65.9. The molecule has 1 unspecified atom stereocenters. The van der Waals surface area contributed by atoms with Gasteiger partial charge in [-0.25, -0.2) is 8.78 Å². The van der Waals surface area contributed by atoms with Crippen molar-refractivity contribution in [3.8, 4) is 6.07 Å². The molecule has 212 valence electrons. The molecule has 1 aliphatic heterocycles. The molecule has 1 heterocycles. The van der Waals surface area contributed by atoms with Gasteiger partial charge < -0.3 is 16.0 Å². The third kappa shape index (κ3) is 7.41. The van der Waals surface area contributed by atoms with Crippen molar-refractivity contribution < 1.29 is 41.1 Å². The average molecular weight is 549 g/mol. The fourth-order valence-corrected chi connectivity index (χ4v) is 4.87. The van der Waals surface area contributed by atoms with Crippen molar-refractivity contribution in [1.29, 1.82) is 5.26 Å². The molecule has 1 saturated heterocycles. The van der Waals surface area contributed by atoms with Gasteiger partial charge >= 0.3 is 6.18 Å². The second kappa shape index (κ2) is 10.4. The SMILES string of the molecule is CC(C)(C)[C@H](CC(=O)C(F)(F)F)C(=O)N[C@@H](CC1CC1(F)F)C(=O)N[C@H](C#N)C[C@@H]1CCC2(CC2)NC1=O. The van der Waals surface area contributed by atoms with E-state index in [9.17, 15) is 46.4 Å². The smallest absolute Gasteiger partial charge is 0.350 e. The van der Waals surface area contributed by atoms with Gasteiger partial charge in [-0.15, -0.1) is 0 Å². The second-order valence-corrected chi connectivity index (χ2v) is 11.9. The lowest BCUT2D eigenvalue weighted by Gasteiger charge is -2.32. The lowest BCUT2D eigenvalue weighted by Crippen LogP contribution is -2.53. The molecule has 38 heavy (non-hydrogen) atoms. The Bertz CT molecular complexity index is 1010. The first-order valence-electron chi connectivity index (χ1n) is 12.7. The lowest BCUT2D eigenvalue weighted by molar-refractivity contribution is -0.173. The summed E-state index contributed by atoms with van der Waals surface area (Å²) in [4.78, 5) is 50.1. The molecule has 0 radical (unpaired) electrons. The van der Waals surface area contributed by atoms with Gasteiger partial charge in [0.25, 0.3) is 5.92 Å². The molecule has 3 N–H and O–H groups in total. The van der Waals surface area contributed by atoms with Crippen molar-refractivity contribution in [3.05, 3.63) is 0 Å². The van der Waals surface area contributed by atoms with Crippen molar-refractivity contribution in [2.24, 2.45) is 23.2 Å². The molecule has 3 amide bonds. The molecule has 1 spiro atoms. The molecule has 2 aliphatic carbocycles. The number of ketones is 1. The molecule has 3 aliphatic rings. The van der Waals surface area contributed by atoms with Crippen molar-refractivity contribution >= 4 is 23.5 Å². The van der Waals surface area contributed by atoms with Crippen LogP contribution in [0, 0.1) is 34.5 Å². The van der Waals surface area contributed by atoms with E-state index in [1.54, 1.807) is 0 Å². The molecule has 8 nitrogen and oxygen atoms in total. The molecular formula is C25H33F5N4O4. The van der Waals surface area contributed by atoms with Crippen LogP contribution in [-0.4, -0.2) is 53.2 Å². The van der Waals surface area contributed by atoms with Crippen LogP contribution in [0.3, 0.4) is 0 Å². The van der Waals surface area contributed by atoms with E-state index in [4.69, 9.17) is 0 Å². The van der Waals surface area contributed by atoms with E-state index in [1.807, 2.05) is 6.07 Å². The number of rotatable bonds is 10. The van der Waals surface area contributed by atoms with E-state index in [0.717, 1.165) is 19.3 Å². The molecule has 0 bridgehead atoms. The predicted octanol–water partition coefficient (Wildman–Crippen LogP) is 3.16. The van der Waals surface area contributed by atoms with Crippen LogP contribution < -0.4 is 16.0 Å². The largest absolute Gasteiger partial charge is 0.449 e. The number of carbonyl (C=O) groups is 4. The summed E-state index contributed by atoms with van der Waals surface area (Å²) in [5.74, 6) is -10.7. The van der Waals surface area contributed by atoms with Gasteiger partial charge in [0.2, 0.25) is 23.5 Å². The fourth-order valence-electron chi connectivity index (χ4n) is 4.87. The molecule has 3 rings (SSSR count). The topological polar surface area (TPSA) is 128 Å². The third-order valence-electron chi connectivity index (χ3n) is 7.75. The average Bonchev–Trinajstić information content (AvgIpc) is 3.67. The number of carbonyl (C=O) groups excluding carboxylic acids is 4. The minimum Gasteiger partial charge on any atom is -0.350 e. The van der Waals surface area contributed by atoms with Crippen molar-refractivity contribution in [1.82, 2.24) is 16.0 Å². The first-order valence-corrected chi connectivity index (χ1v) is 12.7. The summed E-state index contributed by atoms with van der Waals surface area (Å²) in [6.45, 7) is 4.33. The van der Waals surface area contributed by atoms with E-state index in [-0.39, 0.29) is 17.9 Å².